The largest absolute Gasteiger partial charge is 0.325 e. The van der Waals surface area contributed by atoms with Gasteiger partial charge in [0.05, 0.1) is 5.69 Å². The van der Waals surface area contributed by atoms with Crippen LogP contribution in [0.1, 0.15) is 17.7 Å². The highest BCUT2D eigenvalue weighted by Gasteiger charge is 2.15. The highest BCUT2D eigenvalue weighted by molar-refractivity contribution is 14.1. The molecule has 13 heavy (non-hydrogen) atoms. The lowest BCUT2D eigenvalue weighted by atomic mass is 10.2. The lowest BCUT2D eigenvalue weighted by molar-refractivity contribution is 0.150. The van der Waals surface area contributed by atoms with E-state index in [-0.39, 0.29) is 12.1 Å². The predicted molar refractivity (Wildman–Crippen MR) is 57.5 cm³/mol. The molecule has 0 atom stereocenters. The van der Waals surface area contributed by atoms with Gasteiger partial charge in [-0.2, -0.15) is 0 Å². The Hall–Kier alpha value is 0.180. The predicted octanol–water partition coefficient (Wildman–Crippen LogP) is 2.85. The minimum atomic E-state index is -2.49. The van der Waals surface area contributed by atoms with Crippen molar-refractivity contribution in [3.05, 3.63) is 25.5 Å². The molecule has 0 aliphatic heterocycles. The molecule has 0 unspecified atom stereocenters. The molecular weight excluding hydrogens is 357 g/mol. The average molecular weight is 363 g/mol. The van der Waals surface area contributed by atoms with Crippen LogP contribution in [0.3, 0.4) is 0 Å². The second-order valence-corrected chi connectivity index (χ2v) is 4.19. The SMILES string of the molecule is NCc1nc(Br)cc(C(F)F)c1I. The third-order valence-corrected chi connectivity index (χ3v) is 3.10. The van der Waals surface area contributed by atoms with E-state index in [9.17, 15) is 8.78 Å². The van der Waals surface area contributed by atoms with Crippen molar-refractivity contribution in [2.45, 2.75) is 13.0 Å². The third-order valence-electron chi connectivity index (χ3n) is 1.45. The number of halogens is 4. The highest BCUT2D eigenvalue weighted by Crippen LogP contribution is 2.28. The van der Waals surface area contributed by atoms with Crippen molar-refractivity contribution in [2.75, 3.05) is 0 Å². The number of rotatable bonds is 2. The van der Waals surface area contributed by atoms with Crippen molar-refractivity contribution < 1.29 is 8.78 Å². The second kappa shape index (κ2) is 4.61. The highest BCUT2D eigenvalue weighted by atomic mass is 127. The average Bonchev–Trinajstić information content (AvgIpc) is 2.08. The summed E-state index contributed by atoms with van der Waals surface area (Å²) in [6, 6.07) is 1.31. The van der Waals surface area contributed by atoms with E-state index in [2.05, 4.69) is 20.9 Å². The standard InChI is InChI=1S/C7H6BrF2IN2/c8-5-1-3(7(9)10)6(11)4(2-12)13-5/h1,7H,2,12H2. The summed E-state index contributed by atoms with van der Waals surface area (Å²) in [4.78, 5) is 3.99. The molecule has 0 radical (unpaired) electrons. The van der Waals surface area contributed by atoms with Gasteiger partial charge < -0.3 is 5.73 Å². The second-order valence-electron chi connectivity index (χ2n) is 2.30. The fourth-order valence-electron chi connectivity index (χ4n) is 0.863. The summed E-state index contributed by atoms with van der Waals surface area (Å²) in [5.74, 6) is 0. The molecule has 6 heteroatoms. The molecule has 0 fully saturated rings. The third kappa shape index (κ3) is 2.57. The van der Waals surface area contributed by atoms with Crippen LogP contribution in [0.4, 0.5) is 8.78 Å². The monoisotopic (exact) mass is 362 g/mol. The first-order valence-corrected chi connectivity index (χ1v) is 5.26. The van der Waals surface area contributed by atoms with E-state index in [0.717, 1.165) is 0 Å². The van der Waals surface area contributed by atoms with Crippen LogP contribution in [-0.2, 0) is 6.54 Å². The molecule has 0 saturated heterocycles. The van der Waals surface area contributed by atoms with E-state index < -0.39 is 6.43 Å². The molecule has 72 valence electrons. The van der Waals surface area contributed by atoms with Gasteiger partial charge >= 0.3 is 0 Å². The van der Waals surface area contributed by atoms with E-state index in [1.165, 1.54) is 6.07 Å². The summed E-state index contributed by atoms with van der Waals surface area (Å²) >= 11 is 4.88. The van der Waals surface area contributed by atoms with Crippen LogP contribution in [0, 0.1) is 3.57 Å². The Morgan fingerprint density at radius 2 is 2.23 bits per heavy atom. The fraction of sp³-hybridized carbons (Fsp3) is 0.286. The lowest BCUT2D eigenvalue weighted by Crippen LogP contribution is -2.05. The van der Waals surface area contributed by atoms with Crippen LogP contribution in [0.15, 0.2) is 10.7 Å². The van der Waals surface area contributed by atoms with Crippen LogP contribution in [0.25, 0.3) is 0 Å². The molecule has 0 aliphatic rings. The number of aromatic nitrogens is 1. The summed E-state index contributed by atoms with van der Waals surface area (Å²) < 4.78 is 25.7. The van der Waals surface area contributed by atoms with Gasteiger partial charge in [0, 0.05) is 15.7 Å². The normalized spacial score (nSPS) is 10.9. The van der Waals surface area contributed by atoms with Gasteiger partial charge in [-0.1, -0.05) is 0 Å². The Morgan fingerprint density at radius 1 is 1.62 bits per heavy atom. The van der Waals surface area contributed by atoms with Crippen molar-refractivity contribution >= 4 is 38.5 Å². The van der Waals surface area contributed by atoms with E-state index in [1.54, 1.807) is 0 Å². The lowest BCUT2D eigenvalue weighted by Gasteiger charge is -2.07. The molecule has 2 nitrogen and oxygen atoms in total. The summed E-state index contributed by atoms with van der Waals surface area (Å²) in [5.41, 5.74) is 5.82. The summed E-state index contributed by atoms with van der Waals surface area (Å²) in [5, 5.41) is 0. The molecule has 0 spiro atoms. The van der Waals surface area contributed by atoms with Gasteiger partial charge in [0.1, 0.15) is 4.60 Å². The molecule has 1 heterocycles. The molecule has 1 aromatic heterocycles. The molecule has 2 N–H and O–H groups in total. The molecule has 0 saturated carbocycles. The first-order valence-electron chi connectivity index (χ1n) is 3.39. The number of pyridine rings is 1. The van der Waals surface area contributed by atoms with Gasteiger partial charge in [0.15, 0.2) is 0 Å². The molecule has 0 bridgehead atoms. The van der Waals surface area contributed by atoms with Gasteiger partial charge in [0.2, 0.25) is 0 Å². The molecule has 0 aliphatic carbocycles. The molecule has 0 aromatic carbocycles. The zero-order chi connectivity index (χ0) is 10.0. The maximum Gasteiger partial charge on any atom is 0.265 e. The number of nitrogens with two attached hydrogens (primary N) is 1. The summed E-state index contributed by atoms with van der Waals surface area (Å²) in [6.45, 7) is 0.164. The zero-order valence-electron chi connectivity index (χ0n) is 6.40. The number of hydrogen-bond acceptors (Lipinski definition) is 2. The zero-order valence-corrected chi connectivity index (χ0v) is 10.1. The van der Waals surface area contributed by atoms with E-state index in [4.69, 9.17) is 5.73 Å². The fourth-order valence-corrected chi connectivity index (χ4v) is 2.06. The maximum absolute atomic E-state index is 12.4. The first kappa shape index (κ1) is 11.3. The molecule has 1 rings (SSSR count). The van der Waals surface area contributed by atoms with Crippen LogP contribution < -0.4 is 5.73 Å². The van der Waals surface area contributed by atoms with Crippen LogP contribution >= 0.6 is 38.5 Å². The van der Waals surface area contributed by atoms with Crippen LogP contribution in [0.2, 0.25) is 0 Å². The Kier molecular flexibility index (Phi) is 3.99. The van der Waals surface area contributed by atoms with Gasteiger partial charge in [0.25, 0.3) is 6.43 Å². The molecular formula is C7H6BrF2IN2. The van der Waals surface area contributed by atoms with Crippen molar-refractivity contribution in [3.8, 4) is 0 Å². The number of hydrogen-bond donors (Lipinski definition) is 1. The topological polar surface area (TPSA) is 38.9 Å². The van der Waals surface area contributed by atoms with Crippen molar-refractivity contribution in [3.63, 3.8) is 0 Å². The quantitative estimate of drug-likeness (QED) is 0.649. The summed E-state index contributed by atoms with van der Waals surface area (Å²) in [7, 11) is 0. The van der Waals surface area contributed by atoms with E-state index in [1.807, 2.05) is 22.6 Å². The van der Waals surface area contributed by atoms with E-state index >= 15 is 0 Å². The van der Waals surface area contributed by atoms with Crippen molar-refractivity contribution in [2.24, 2.45) is 5.73 Å². The van der Waals surface area contributed by atoms with Gasteiger partial charge in [-0.3, -0.25) is 0 Å². The number of alkyl halides is 2. The first-order chi connectivity index (χ1) is 6.06. The maximum atomic E-state index is 12.4. The Bertz CT molecular complexity index is 320. The minimum absolute atomic E-state index is 0.0251. The molecule has 0 amide bonds. The summed E-state index contributed by atoms with van der Waals surface area (Å²) in [6.07, 6.45) is -2.49. The van der Waals surface area contributed by atoms with Gasteiger partial charge in [-0.25, -0.2) is 13.8 Å². The van der Waals surface area contributed by atoms with Crippen molar-refractivity contribution in [1.29, 1.82) is 0 Å². The smallest absolute Gasteiger partial charge is 0.265 e. The van der Waals surface area contributed by atoms with Crippen LogP contribution in [-0.4, -0.2) is 4.98 Å². The van der Waals surface area contributed by atoms with E-state index in [0.29, 0.717) is 13.9 Å². The van der Waals surface area contributed by atoms with Gasteiger partial charge in [-0.15, -0.1) is 0 Å². The minimum Gasteiger partial charge on any atom is -0.325 e. The molecule has 1 aromatic rings. The Morgan fingerprint density at radius 3 is 2.69 bits per heavy atom. The van der Waals surface area contributed by atoms with Gasteiger partial charge in [-0.05, 0) is 44.6 Å². The van der Waals surface area contributed by atoms with Crippen molar-refractivity contribution in [1.82, 2.24) is 4.98 Å². The Balaban J connectivity index is 3.27. The Labute approximate surface area is 96.2 Å². The van der Waals surface area contributed by atoms with Crippen LogP contribution in [0.5, 0.6) is 0 Å². The number of nitrogens with zero attached hydrogens (tertiary/aromatic N) is 1.